The maximum atomic E-state index is 13.2. The van der Waals surface area contributed by atoms with Gasteiger partial charge >= 0.3 is 0 Å². The minimum atomic E-state index is -2.93. The second kappa shape index (κ2) is 7.55. The molecular weight excluding hydrogens is 428 g/mol. The summed E-state index contributed by atoms with van der Waals surface area (Å²) >= 11 is 0. The SMILES string of the molecule is CC[C@H](O)c1cc(C)c(-c2cc3cnc(NC(=O)[C@H]4CC4(F)F)cc3c3c2ncn3C)cn1. The first-order valence-electron chi connectivity index (χ1n) is 10.8. The first kappa shape index (κ1) is 21.4. The lowest BCUT2D eigenvalue weighted by Gasteiger charge is -2.13. The van der Waals surface area contributed by atoms with E-state index in [1.54, 1.807) is 24.8 Å². The molecule has 1 amide bonds. The largest absolute Gasteiger partial charge is 0.387 e. The Morgan fingerprint density at radius 1 is 1.24 bits per heavy atom. The molecule has 0 unspecified atom stereocenters. The van der Waals surface area contributed by atoms with Gasteiger partial charge in [0, 0.05) is 47.8 Å². The third-order valence-electron chi connectivity index (χ3n) is 6.23. The van der Waals surface area contributed by atoms with E-state index in [1.807, 2.05) is 37.6 Å². The number of hydrogen-bond donors (Lipinski definition) is 2. The molecule has 1 aliphatic carbocycles. The van der Waals surface area contributed by atoms with E-state index in [-0.39, 0.29) is 5.82 Å². The lowest BCUT2D eigenvalue weighted by atomic mass is 9.97. The fourth-order valence-corrected chi connectivity index (χ4v) is 4.19. The van der Waals surface area contributed by atoms with Crippen molar-refractivity contribution in [1.29, 1.82) is 0 Å². The number of hydrogen-bond acceptors (Lipinski definition) is 5. The van der Waals surface area contributed by atoms with E-state index in [0.717, 1.165) is 38.5 Å². The number of aliphatic hydroxyl groups excluding tert-OH is 1. The average Bonchev–Trinajstić information content (AvgIpc) is 3.26. The van der Waals surface area contributed by atoms with E-state index in [4.69, 9.17) is 0 Å². The highest BCUT2D eigenvalue weighted by atomic mass is 19.3. The third-order valence-corrected chi connectivity index (χ3v) is 6.23. The number of aliphatic hydroxyl groups is 1. The Balaban J connectivity index is 1.60. The zero-order valence-electron chi connectivity index (χ0n) is 18.4. The van der Waals surface area contributed by atoms with E-state index in [2.05, 4.69) is 20.3 Å². The number of anilines is 1. The molecule has 0 radical (unpaired) electrons. The maximum Gasteiger partial charge on any atom is 0.260 e. The molecule has 3 aromatic heterocycles. The molecule has 0 spiro atoms. The van der Waals surface area contributed by atoms with Crippen molar-refractivity contribution in [2.75, 3.05) is 5.32 Å². The Bertz CT molecular complexity index is 1420. The lowest BCUT2D eigenvalue weighted by molar-refractivity contribution is -0.119. The smallest absolute Gasteiger partial charge is 0.260 e. The van der Waals surface area contributed by atoms with Gasteiger partial charge in [0.15, 0.2) is 0 Å². The molecule has 0 aliphatic heterocycles. The number of alkyl halides is 2. The van der Waals surface area contributed by atoms with Crippen molar-refractivity contribution in [3.8, 4) is 11.1 Å². The number of aryl methyl sites for hydroxylation is 2. The Hall–Kier alpha value is -3.46. The zero-order valence-corrected chi connectivity index (χ0v) is 18.4. The predicted octanol–water partition coefficient (Wildman–Crippen LogP) is 4.53. The zero-order chi connectivity index (χ0) is 23.5. The summed E-state index contributed by atoms with van der Waals surface area (Å²) in [6.07, 6.45) is 4.60. The van der Waals surface area contributed by atoms with Crippen LogP contribution in [-0.2, 0) is 11.8 Å². The summed E-state index contributed by atoms with van der Waals surface area (Å²) in [4.78, 5) is 25.4. The van der Waals surface area contributed by atoms with Gasteiger partial charge in [0.2, 0.25) is 5.91 Å². The van der Waals surface area contributed by atoms with Crippen LogP contribution in [0.3, 0.4) is 0 Å². The number of fused-ring (bicyclic) bond motifs is 3. The third kappa shape index (κ3) is 3.62. The number of aromatic nitrogens is 4. The first-order valence-corrected chi connectivity index (χ1v) is 10.8. The highest BCUT2D eigenvalue weighted by molar-refractivity contribution is 6.12. The van der Waals surface area contributed by atoms with E-state index < -0.39 is 30.3 Å². The van der Waals surface area contributed by atoms with Crippen molar-refractivity contribution in [3.63, 3.8) is 0 Å². The van der Waals surface area contributed by atoms with Crippen molar-refractivity contribution in [2.24, 2.45) is 13.0 Å². The van der Waals surface area contributed by atoms with Crippen molar-refractivity contribution < 1.29 is 18.7 Å². The van der Waals surface area contributed by atoms with Crippen molar-refractivity contribution in [2.45, 2.75) is 38.7 Å². The summed E-state index contributed by atoms with van der Waals surface area (Å²) in [6.45, 7) is 3.86. The van der Waals surface area contributed by atoms with Crippen LogP contribution in [0.2, 0.25) is 0 Å². The molecule has 33 heavy (non-hydrogen) atoms. The van der Waals surface area contributed by atoms with Gasteiger partial charge in [-0.15, -0.1) is 0 Å². The molecule has 4 aromatic rings. The number of carbonyl (C=O) groups is 1. The highest BCUT2D eigenvalue weighted by Crippen LogP contribution is 2.49. The number of benzene rings is 1. The van der Waals surface area contributed by atoms with Gasteiger partial charge in [-0.3, -0.25) is 9.78 Å². The lowest BCUT2D eigenvalue weighted by Crippen LogP contribution is -2.18. The fourth-order valence-electron chi connectivity index (χ4n) is 4.19. The monoisotopic (exact) mass is 451 g/mol. The Morgan fingerprint density at radius 3 is 2.67 bits per heavy atom. The number of nitrogens with zero attached hydrogens (tertiary/aromatic N) is 4. The molecule has 0 saturated heterocycles. The molecule has 3 heterocycles. The summed E-state index contributed by atoms with van der Waals surface area (Å²) in [5, 5.41) is 14.3. The minimum absolute atomic E-state index is 0.223. The van der Waals surface area contributed by atoms with Gasteiger partial charge in [0.25, 0.3) is 5.92 Å². The summed E-state index contributed by atoms with van der Waals surface area (Å²) < 4.78 is 28.4. The second-order valence-corrected chi connectivity index (χ2v) is 8.62. The first-order chi connectivity index (χ1) is 15.7. The molecule has 170 valence electrons. The van der Waals surface area contributed by atoms with Gasteiger partial charge in [-0.25, -0.2) is 18.7 Å². The van der Waals surface area contributed by atoms with Gasteiger partial charge in [-0.1, -0.05) is 6.92 Å². The quantitative estimate of drug-likeness (QED) is 0.465. The molecular formula is C24H23F2N5O2. The number of rotatable bonds is 5. The van der Waals surface area contributed by atoms with Crippen LogP contribution in [0.25, 0.3) is 32.9 Å². The number of carbonyl (C=O) groups excluding carboxylic acids is 1. The van der Waals surface area contributed by atoms with Gasteiger partial charge in [0.05, 0.1) is 29.2 Å². The standard InChI is InChI=1S/C24H23F2N5O2/c1-4-19(32)18-5-12(2)16(10-27-18)15-6-13-9-28-20(30-23(33)17-8-24(17,25)26)7-14(13)22-21(15)29-11-31(22)3/h5-7,9-11,17,19,32H,4,8H2,1-3H3,(H,28,30,33)/t17-,19+/m1/s1. The Kier molecular flexibility index (Phi) is 4.89. The maximum absolute atomic E-state index is 13.2. The number of imidazole rings is 1. The highest BCUT2D eigenvalue weighted by Gasteiger charge is 2.61. The van der Waals surface area contributed by atoms with Crippen LogP contribution in [-0.4, -0.2) is 36.5 Å². The average molecular weight is 451 g/mol. The van der Waals surface area contributed by atoms with Crippen LogP contribution in [0.5, 0.6) is 0 Å². The summed E-state index contributed by atoms with van der Waals surface area (Å²) in [6, 6.07) is 5.53. The van der Waals surface area contributed by atoms with Crippen molar-refractivity contribution in [1.82, 2.24) is 19.5 Å². The van der Waals surface area contributed by atoms with Gasteiger partial charge < -0.3 is 15.0 Å². The van der Waals surface area contributed by atoms with Gasteiger partial charge in [0.1, 0.15) is 11.7 Å². The molecule has 1 fully saturated rings. The van der Waals surface area contributed by atoms with E-state index in [0.29, 0.717) is 12.1 Å². The van der Waals surface area contributed by atoms with Crippen LogP contribution in [0, 0.1) is 12.8 Å². The number of nitrogens with one attached hydrogen (secondary N) is 1. The summed E-state index contributed by atoms with van der Waals surface area (Å²) in [7, 11) is 1.87. The van der Waals surface area contributed by atoms with Crippen molar-refractivity contribution in [3.05, 3.63) is 48.2 Å². The minimum Gasteiger partial charge on any atom is -0.387 e. The molecule has 1 aliphatic rings. The van der Waals surface area contributed by atoms with E-state index in [1.165, 1.54) is 0 Å². The number of amides is 1. The number of pyridine rings is 2. The predicted molar refractivity (Wildman–Crippen MR) is 121 cm³/mol. The topological polar surface area (TPSA) is 92.9 Å². The normalized spacial score (nSPS) is 17.9. The van der Waals surface area contributed by atoms with Crippen LogP contribution < -0.4 is 5.32 Å². The molecule has 1 aromatic carbocycles. The van der Waals surface area contributed by atoms with Crippen LogP contribution in [0.4, 0.5) is 14.6 Å². The van der Waals surface area contributed by atoms with Crippen molar-refractivity contribution >= 4 is 33.5 Å². The van der Waals surface area contributed by atoms with Crippen LogP contribution in [0.15, 0.2) is 36.9 Å². The molecule has 7 nitrogen and oxygen atoms in total. The van der Waals surface area contributed by atoms with Crippen LogP contribution in [0.1, 0.15) is 37.1 Å². The Labute approximate surface area is 188 Å². The van der Waals surface area contributed by atoms with Crippen LogP contribution >= 0.6 is 0 Å². The molecule has 2 N–H and O–H groups in total. The fraction of sp³-hybridized carbons (Fsp3) is 0.333. The summed E-state index contributed by atoms with van der Waals surface area (Å²) in [5.41, 5.74) is 4.92. The van der Waals surface area contributed by atoms with Gasteiger partial charge in [-0.2, -0.15) is 0 Å². The molecule has 0 bridgehead atoms. The second-order valence-electron chi connectivity index (χ2n) is 8.62. The number of halogens is 2. The molecule has 1 saturated carbocycles. The Morgan fingerprint density at radius 2 is 2.00 bits per heavy atom. The van der Waals surface area contributed by atoms with E-state index >= 15 is 0 Å². The molecule has 9 heteroatoms. The van der Waals surface area contributed by atoms with E-state index in [9.17, 15) is 18.7 Å². The molecule has 5 rings (SSSR count). The van der Waals surface area contributed by atoms with Gasteiger partial charge in [-0.05, 0) is 37.1 Å². The summed E-state index contributed by atoms with van der Waals surface area (Å²) in [5.74, 6) is -4.72. The molecule has 2 atom stereocenters.